The minimum atomic E-state index is -0.870. The smallest absolute Gasteiger partial charge is 0.335 e. The Balaban J connectivity index is 2.47. The minimum absolute atomic E-state index is 0.352. The van der Waals surface area contributed by atoms with Crippen molar-refractivity contribution in [3.05, 3.63) is 35.4 Å². The Morgan fingerprint density at radius 3 is 2.93 bits per heavy atom. The molecular formula is C12H17NO2. The van der Waals surface area contributed by atoms with Gasteiger partial charge in [0.05, 0.1) is 5.56 Å². The van der Waals surface area contributed by atoms with Gasteiger partial charge in [-0.3, -0.25) is 0 Å². The van der Waals surface area contributed by atoms with E-state index in [4.69, 9.17) is 5.11 Å². The topological polar surface area (TPSA) is 49.3 Å². The third-order valence-electron chi connectivity index (χ3n) is 2.21. The number of unbranched alkanes of at least 4 members (excludes halogenated alkanes) is 1. The molecule has 0 aliphatic heterocycles. The number of nitrogens with one attached hydrogen (secondary N) is 1. The average molecular weight is 207 g/mol. The number of rotatable bonds is 6. The maximum Gasteiger partial charge on any atom is 0.335 e. The monoisotopic (exact) mass is 207 g/mol. The van der Waals surface area contributed by atoms with Gasteiger partial charge in [-0.25, -0.2) is 4.79 Å². The first-order chi connectivity index (χ1) is 7.24. The number of hydrogen-bond acceptors (Lipinski definition) is 2. The van der Waals surface area contributed by atoms with Crippen LogP contribution in [0, 0.1) is 0 Å². The molecule has 0 aliphatic carbocycles. The normalized spacial score (nSPS) is 10.2. The van der Waals surface area contributed by atoms with Gasteiger partial charge in [0.25, 0.3) is 0 Å². The van der Waals surface area contributed by atoms with Gasteiger partial charge in [0.2, 0.25) is 0 Å². The van der Waals surface area contributed by atoms with Gasteiger partial charge >= 0.3 is 5.97 Å². The van der Waals surface area contributed by atoms with Crippen LogP contribution in [0.25, 0.3) is 0 Å². The highest BCUT2D eigenvalue weighted by Crippen LogP contribution is 2.04. The predicted molar refractivity (Wildman–Crippen MR) is 60.0 cm³/mol. The van der Waals surface area contributed by atoms with Gasteiger partial charge in [-0.1, -0.05) is 25.5 Å². The van der Waals surface area contributed by atoms with Crippen LogP contribution >= 0.6 is 0 Å². The molecular weight excluding hydrogens is 190 g/mol. The van der Waals surface area contributed by atoms with E-state index in [-0.39, 0.29) is 0 Å². The molecule has 1 aromatic rings. The van der Waals surface area contributed by atoms with Crippen LogP contribution in [0.4, 0.5) is 0 Å². The number of hydrogen-bond donors (Lipinski definition) is 2. The van der Waals surface area contributed by atoms with Gasteiger partial charge < -0.3 is 10.4 Å². The summed E-state index contributed by atoms with van der Waals surface area (Å²) >= 11 is 0. The zero-order chi connectivity index (χ0) is 11.1. The molecule has 82 valence electrons. The fraction of sp³-hybridized carbons (Fsp3) is 0.417. The maximum absolute atomic E-state index is 10.7. The van der Waals surface area contributed by atoms with E-state index in [1.807, 2.05) is 6.07 Å². The third kappa shape index (κ3) is 4.13. The molecule has 1 rings (SSSR count). The molecule has 0 heterocycles. The minimum Gasteiger partial charge on any atom is -0.478 e. The summed E-state index contributed by atoms with van der Waals surface area (Å²) < 4.78 is 0. The molecule has 0 aromatic heterocycles. The molecule has 3 heteroatoms. The highest BCUT2D eigenvalue weighted by Gasteiger charge is 2.02. The van der Waals surface area contributed by atoms with E-state index >= 15 is 0 Å². The second-order valence-corrected chi connectivity index (χ2v) is 3.54. The highest BCUT2D eigenvalue weighted by atomic mass is 16.4. The van der Waals surface area contributed by atoms with Crippen molar-refractivity contribution in [3.63, 3.8) is 0 Å². The summed E-state index contributed by atoms with van der Waals surface area (Å²) in [5, 5.41) is 12.1. The SMILES string of the molecule is CCCCNCc1cccc(C(=O)O)c1. The zero-order valence-electron chi connectivity index (χ0n) is 8.99. The molecule has 0 atom stereocenters. The molecule has 0 aliphatic rings. The van der Waals surface area contributed by atoms with Crippen LogP contribution in [0.5, 0.6) is 0 Å². The lowest BCUT2D eigenvalue weighted by Crippen LogP contribution is -2.14. The molecule has 0 amide bonds. The van der Waals surface area contributed by atoms with Crippen LogP contribution in [0.2, 0.25) is 0 Å². The van der Waals surface area contributed by atoms with Crippen molar-refractivity contribution in [2.24, 2.45) is 0 Å². The predicted octanol–water partition coefficient (Wildman–Crippen LogP) is 2.27. The number of benzene rings is 1. The molecule has 15 heavy (non-hydrogen) atoms. The Hall–Kier alpha value is -1.35. The molecule has 0 unspecified atom stereocenters. The zero-order valence-corrected chi connectivity index (χ0v) is 8.99. The van der Waals surface area contributed by atoms with Gasteiger partial charge in [-0.05, 0) is 30.7 Å². The largest absolute Gasteiger partial charge is 0.478 e. The summed E-state index contributed by atoms with van der Waals surface area (Å²) in [6, 6.07) is 7.03. The van der Waals surface area contributed by atoms with Gasteiger partial charge in [-0.15, -0.1) is 0 Å². The molecule has 0 saturated heterocycles. The van der Waals surface area contributed by atoms with Crippen molar-refractivity contribution in [3.8, 4) is 0 Å². The standard InChI is InChI=1S/C12H17NO2/c1-2-3-7-13-9-10-5-4-6-11(8-10)12(14)15/h4-6,8,13H,2-3,7,9H2,1H3,(H,14,15). The molecule has 0 radical (unpaired) electrons. The van der Waals surface area contributed by atoms with Crippen molar-refractivity contribution in [2.45, 2.75) is 26.3 Å². The van der Waals surface area contributed by atoms with Crippen molar-refractivity contribution in [1.82, 2.24) is 5.32 Å². The molecule has 3 nitrogen and oxygen atoms in total. The van der Waals surface area contributed by atoms with Gasteiger partial charge in [0.1, 0.15) is 0 Å². The van der Waals surface area contributed by atoms with Crippen LogP contribution in [0.1, 0.15) is 35.7 Å². The number of carboxylic acids is 1. The molecule has 2 N–H and O–H groups in total. The first-order valence-corrected chi connectivity index (χ1v) is 5.27. The Bertz CT molecular complexity index is 323. The van der Waals surface area contributed by atoms with Gasteiger partial charge in [0, 0.05) is 6.54 Å². The van der Waals surface area contributed by atoms with Crippen LogP contribution in [-0.2, 0) is 6.54 Å². The van der Waals surface area contributed by atoms with Crippen LogP contribution in [-0.4, -0.2) is 17.6 Å². The van der Waals surface area contributed by atoms with Crippen molar-refractivity contribution in [1.29, 1.82) is 0 Å². The fourth-order valence-electron chi connectivity index (χ4n) is 1.35. The summed E-state index contributed by atoms with van der Waals surface area (Å²) in [6.07, 6.45) is 2.32. The lowest BCUT2D eigenvalue weighted by atomic mass is 10.1. The number of carbonyl (C=O) groups is 1. The molecule has 0 saturated carbocycles. The van der Waals surface area contributed by atoms with Crippen molar-refractivity contribution < 1.29 is 9.90 Å². The lowest BCUT2D eigenvalue weighted by Gasteiger charge is -2.04. The second kappa shape index (κ2) is 6.19. The molecule has 0 fully saturated rings. The molecule has 0 spiro atoms. The molecule has 1 aromatic carbocycles. The second-order valence-electron chi connectivity index (χ2n) is 3.54. The fourth-order valence-corrected chi connectivity index (χ4v) is 1.35. The van der Waals surface area contributed by atoms with Gasteiger partial charge in [-0.2, -0.15) is 0 Å². The third-order valence-corrected chi connectivity index (χ3v) is 2.21. The maximum atomic E-state index is 10.7. The summed E-state index contributed by atoms with van der Waals surface area (Å²) in [5.74, 6) is -0.870. The Labute approximate surface area is 90.1 Å². The highest BCUT2D eigenvalue weighted by molar-refractivity contribution is 5.87. The summed E-state index contributed by atoms with van der Waals surface area (Å²) in [5.41, 5.74) is 1.37. The van der Waals surface area contributed by atoms with Crippen LogP contribution in [0.15, 0.2) is 24.3 Å². The summed E-state index contributed by atoms with van der Waals surface area (Å²) in [4.78, 5) is 10.7. The molecule has 0 bridgehead atoms. The van der Waals surface area contributed by atoms with E-state index in [9.17, 15) is 4.79 Å². The first kappa shape index (κ1) is 11.7. The van der Waals surface area contributed by atoms with E-state index in [1.165, 1.54) is 6.42 Å². The van der Waals surface area contributed by atoms with Crippen LogP contribution in [0.3, 0.4) is 0 Å². The van der Waals surface area contributed by atoms with Crippen molar-refractivity contribution >= 4 is 5.97 Å². The van der Waals surface area contributed by atoms with E-state index in [0.717, 1.165) is 25.1 Å². The van der Waals surface area contributed by atoms with E-state index in [2.05, 4.69) is 12.2 Å². The van der Waals surface area contributed by atoms with Crippen molar-refractivity contribution in [2.75, 3.05) is 6.54 Å². The Kier molecular flexibility index (Phi) is 4.84. The number of aromatic carboxylic acids is 1. The lowest BCUT2D eigenvalue weighted by molar-refractivity contribution is 0.0697. The van der Waals surface area contributed by atoms with Gasteiger partial charge in [0.15, 0.2) is 0 Å². The van der Waals surface area contributed by atoms with E-state index in [0.29, 0.717) is 5.56 Å². The first-order valence-electron chi connectivity index (χ1n) is 5.27. The van der Waals surface area contributed by atoms with E-state index in [1.54, 1.807) is 18.2 Å². The summed E-state index contributed by atoms with van der Waals surface area (Å²) in [7, 11) is 0. The summed E-state index contributed by atoms with van der Waals surface area (Å²) in [6.45, 7) is 3.86. The van der Waals surface area contributed by atoms with E-state index < -0.39 is 5.97 Å². The quantitative estimate of drug-likeness (QED) is 0.703. The number of carboxylic acid groups (broad SMARTS) is 1. The Morgan fingerprint density at radius 1 is 1.47 bits per heavy atom. The average Bonchev–Trinajstić information content (AvgIpc) is 2.25. The Morgan fingerprint density at radius 2 is 2.27 bits per heavy atom. The van der Waals surface area contributed by atoms with Crippen LogP contribution < -0.4 is 5.32 Å².